The molecule has 0 bridgehead atoms. The van der Waals surface area contributed by atoms with E-state index in [1.54, 1.807) is 24.4 Å². The summed E-state index contributed by atoms with van der Waals surface area (Å²) >= 11 is 0. The minimum absolute atomic E-state index is 0.0296. The number of carboxylic acid groups (broad SMARTS) is 1. The molecule has 32 heavy (non-hydrogen) atoms. The number of nitrogens with one attached hydrogen (secondary N) is 1. The first kappa shape index (κ1) is 19.7. The number of aromatic carboxylic acids is 1. The highest BCUT2D eigenvalue weighted by Crippen LogP contribution is 2.34. The van der Waals surface area contributed by atoms with Gasteiger partial charge in [-0.3, -0.25) is 5.10 Å². The number of anilines is 1. The van der Waals surface area contributed by atoms with E-state index in [-0.39, 0.29) is 11.6 Å². The molecule has 0 fully saturated rings. The van der Waals surface area contributed by atoms with Crippen molar-refractivity contribution in [1.82, 2.24) is 20.2 Å². The molecule has 0 aliphatic heterocycles. The zero-order valence-electron chi connectivity index (χ0n) is 17.6. The maximum atomic E-state index is 11.5. The molecular weight excluding hydrogens is 402 g/mol. The molecule has 2 aromatic heterocycles. The van der Waals surface area contributed by atoms with Gasteiger partial charge in [-0.2, -0.15) is 5.10 Å². The highest BCUT2D eigenvalue weighted by Gasteiger charge is 2.21. The number of aromatic amines is 1. The summed E-state index contributed by atoms with van der Waals surface area (Å²) in [7, 11) is 1.98. The number of carboxylic acids is 1. The summed E-state index contributed by atoms with van der Waals surface area (Å²) < 4.78 is 0. The van der Waals surface area contributed by atoms with Crippen LogP contribution in [0, 0.1) is 0 Å². The van der Waals surface area contributed by atoms with Gasteiger partial charge in [-0.15, -0.1) is 0 Å². The van der Waals surface area contributed by atoms with Crippen LogP contribution in [-0.4, -0.2) is 38.3 Å². The molecule has 0 aliphatic rings. The number of rotatable bonds is 5. The predicted molar refractivity (Wildman–Crippen MR) is 125 cm³/mol. The molecule has 0 spiro atoms. The fraction of sp³-hybridized carbons (Fsp3) is 0.120. The number of hydrogen-bond donors (Lipinski definition) is 2. The third kappa shape index (κ3) is 3.43. The Morgan fingerprint density at radius 2 is 1.81 bits per heavy atom. The van der Waals surface area contributed by atoms with E-state index in [1.807, 2.05) is 43.4 Å². The highest BCUT2D eigenvalue weighted by atomic mass is 16.4. The number of carbonyl (C=O) groups is 1. The topological polar surface area (TPSA) is 95.0 Å². The normalized spacial score (nSPS) is 12.2. The summed E-state index contributed by atoms with van der Waals surface area (Å²) in [5.74, 6) is -0.310. The van der Waals surface area contributed by atoms with Crippen LogP contribution in [0.3, 0.4) is 0 Å². The molecule has 7 heteroatoms. The van der Waals surface area contributed by atoms with Crippen molar-refractivity contribution in [3.05, 3.63) is 84.1 Å². The molecule has 7 nitrogen and oxygen atoms in total. The second kappa shape index (κ2) is 7.77. The summed E-state index contributed by atoms with van der Waals surface area (Å²) in [6.07, 6.45) is 1.78. The first-order valence-corrected chi connectivity index (χ1v) is 10.3. The van der Waals surface area contributed by atoms with E-state index >= 15 is 0 Å². The van der Waals surface area contributed by atoms with Crippen LogP contribution < -0.4 is 4.90 Å². The molecule has 0 saturated heterocycles. The van der Waals surface area contributed by atoms with Gasteiger partial charge < -0.3 is 10.0 Å². The number of benzene rings is 3. The Balaban J connectivity index is 1.71. The first-order valence-electron chi connectivity index (χ1n) is 10.3. The Kier molecular flexibility index (Phi) is 4.78. The third-order valence-corrected chi connectivity index (χ3v) is 5.80. The third-order valence-electron chi connectivity index (χ3n) is 5.80. The van der Waals surface area contributed by atoms with Crippen molar-refractivity contribution in [3.63, 3.8) is 0 Å². The lowest BCUT2D eigenvalue weighted by atomic mass is 10.1. The monoisotopic (exact) mass is 423 g/mol. The largest absolute Gasteiger partial charge is 0.478 e. The van der Waals surface area contributed by atoms with Gasteiger partial charge >= 0.3 is 5.97 Å². The second-order valence-corrected chi connectivity index (χ2v) is 7.77. The molecule has 0 amide bonds. The fourth-order valence-electron chi connectivity index (χ4n) is 3.85. The lowest BCUT2D eigenvalue weighted by molar-refractivity contribution is 0.0697. The van der Waals surface area contributed by atoms with Crippen molar-refractivity contribution in [3.8, 4) is 11.3 Å². The standard InChI is InChI=1S/C25H21N5O2/c1-15(16-6-4-3-5-7-16)30(2)24-23(17-8-10-20-19(12-17)14-26-29-20)27-21-11-9-18(25(31)32)13-22(21)28-24/h3-15H,1-2H3,(H,26,29)(H,31,32)/t15-/m0/s1. The lowest BCUT2D eigenvalue weighted by Crippen LogP contribution is -2.24. The first-order chi connectivity index (χ1) is 15.5. The number of H-pyrrole nitrogens is 1. The van der Waals surface area contributed by atoms with Gasteiger partial charge in [0.25, 0.3) is 0 Å². The van der Waals surface area contributed by atoms with E-state index < -0.39 is 5.97 Å². The van der Waals surface area contributed by atoms with E-state index in [9.17, 15) is 9.90 Å². The van der Waals surface area contributed by atoms with Crippen molar-refractivity contribution < 1.29 is 9.90 Å². The Labute approximate surface area is 184 Å². The SMILES string of the molecule is C[C@@H](c1ccccc1)N(C)c1nc2cc(C(=O)O)ccc2nc1-c1ccc2[nH]ncc2c1. The Morgan fingerprint density at radius 3 is 2.59 bits per heavy atom. The summed E-state index contributed by atoms with van der Waals surface area (Å²) in [6, 6.07) is 21.0. The van der Waals surface area contributed by atoms with E-state index in [2.05, 4.69) is 34.2 Å². The lowest BCUT2D eigenvalue weighted by Gasteiger charge is -2.28. The van der Waals surface area contributed by atoms with Crippen LogP contribution in [0.15, 0.2) is 72.9 Å². The molecule has 5 rings (SSSR count). The maximum absolute atomic E-state index is 11.5. The van der Waals surface area contributed by atoms with Gasteiger partial charge in [-0.05, 0) is 42.8 Å². The fourth-order valence-corrected chi connectivity index (χ4v) is 3.85. The molecule has 158 valence electrons. The molecule has 2 N–H and O–H groups in total. The van der Waals surface area contributed by atoms with Gasteiger partial charge in [0.05, 0.1) is 34.4 Å². The van der Waals surface area contributed by atoms with Crippen molar-refractivity contribution in [2.45, 2.75) is 13.0 Å². The van der Waals surface area contributed by atoms with Crippen molar-refractivity contribution in [2.75, 3.05) is 11.9 Å². The van der Waals surface area contributed by atoms with E-state index in [4.69, 9.17) is 9.97 Å². The predicted octanol–water partition coefficient (Wildman–Crippen LogP) is 5.07. The summed E-state index contributed by atoms with van der Waals surface area (Å²) in [5, 5.41) is 17.5. The number of fused-ring (bicyclic) bond motifs is 2. The molecule has 0 aliphatic carbocycles. The minimum Gasteiger partial charge on any atom is -0.478 e. The Bertz CT molecular complexity index is 1450. The maximum Gasteiger partial charge on any atom is 0.335 e. The summed E-state index contributed by atoms with van der Waals surface area (Å²) in [5.41, 5.74) is 5.10. The number of hydrogen-bond acceptors (Lipinski definition) is 5. The quantitative estimate of drug-likeness (QED) is 0.410. The van der Waals surface area contributed by atoms with Crippen LogP contribution in [0.2, 0.25) is 0 Å². The molecule has 0 saturated carbocycles. The van der Waals surface area contributed by atoms with Crippen LogP contribution in [-0.2, 0) is 0 Å². The molecule has 5 aromatic rings. The van der Waals surface area contributed by atoms with Crippen LogP contribution >= 0.6 is 0 Å². The van der Waals surface area contributed by atoms with Gasteiger partial charge in [-0.25, -0.2) is 14.8 Å². The number of aromatic nitrogens is 4. The van der Waals surface area contributed by atoms with Crippen molar-refractivity contribution >= 4 is 33.7 Å². The van der Waals surface area contributed by atoms with E-state index in [0.717, 1.165) is 27.7 Å². The van der Waals surface area contributed by atoms with Crippen LogP contribution in [0.4, 0.5) is 5.82 Å². The average Bonchev–Trinajstić information content (AvgIpc) is 3.30. The number of nitrogens with zero attached hydrogens (tertiary/aromatic N) is 4. The summed E-state index contributed by atoms with van der Waals surface area (Å²) in [6.45, 7) is 2.11. The molecular formula is C25H21N5O2. The van der Waals surface area contributed by atoms with Crippen LogP contribution in [0.5, 0.6) is 0 Å². The van der Waals surface area contributed by atoms with Crippen LogP contribution in [0.1, 0.15) is 28.9 Å². The van der Waals surface area contributed by atoms with Gasteiger partial charge in [0, 0.05) is 18.0 Å². The van der Waals surface area contributed by atoms with Crippen molar-refractivity contribution in [1.29, 1.82) is 0 Å². The zero-order chi connectivity index (χ0) is 22.2. The summed E-state index contributed by atoms with van der Waals surface area (Å²) in [4.78, 5) is 23.3. The Morgan fingerprint density at radius 1 is 1.00 bits per heavy atom. The average molecular weight is 423 g/mol. The highest BCUT2D eigenvalue weighted by molar-refractivity contribution is 5.94. The van der Waals surface area contributed by atoms with Crippen molar-refractivity contribution in [2.24, 2.45) is 0 Å². The Hall–Kier alpha value is -4.26. The van der Waals surface area contributed by atoms with Gasteiger partial charge in [0.1, 0.15) is 5.69 Å². The van der Waals surface area contributed by atoms with E-state index in [1.165, 1.54) is 0 Å². The molecule has 0 unspecified atom stereocenters. The molecule has 0 radical (unpaired) electrons. The van der Waals surface area contributed by atoms with E-state index in [0.29, 0.717) is 16.9 Å². The van der Waals surface area contributed by atoms with Gasteiger partial charge in [-0.1, -0.05) is 36.4 Å². The smallest absolute Gasteiger partial charge is 0.335 e. The second-order valence-electron chi connectivity index (χ2n) is 7.77. The minimum atomic E-state index is -0.990. The van der Waals surface area contributed by atoms with Gasteiger partial charge in [0.2, 0.25) is 0 Å². The molecule has 2 heterocycles. The zero-order valence-corrected chi connectivity index (χ0v) is 17.6. The molecule has 1 atom stereocenters. The molecule has 3 aromatic carbocycles. The van der Waals surface area contributed by atoms with Crippen LogP contribution in [0.25, 0.3) is 33.2 Å². The van der Waals surface area contributed by atoms with Gasteiger partial charge in [0.15, 0.2) is 5.82 Å².